The van der Waals surface area contributed by atoms with Crippen LogP contribution in [0.4, 0.5) is 11.4 Å². The Balaban J connectivity index is 2.05. The predicted molar refractivity (Wildman–Crippen MR) is 79.7 cm³/mol. The van der Waals surface area contributed by atoms with E-state index in [9.17, 15) is 14.9 Å². The van der Waals surface area contributed by atoms with Gasteiger partial charge in [-0.2, -0.15) is 0 Å². The zero-order chi connectivity index (χ0) is 15.4. The first-order valence-corrected chi connectivity index (χ1v) is 7.14. The van der Waals surface area contributed by atoms with Crippen LogP contribution in [0, 0.1) is 16.0 Å². The topological polar surface area (TPSA) is 72.7 Å². The number of nitro groups is 1. The van der Waals surface area contributed by atoms with E-state index in [1.165, 1.54) is 13.2 Å². The summed E-state index contributed by atoms with van der Waals surface area (Å²) in [6, 6.07) is 4.71. The van der Waals surface area contributed by atoms with Gasteiger partial charge in [-0.05, 0) is 30.9 Å². The van der Waals surface area contributed by atoms with Gasteiger partial charge in [0.2, 0.25) is 0 Å². The van der Waals surface area contributed by atoms with Gasteiger partial charge in [0.15, 0.2) is 0 Å². The Morgan fingerprint density at radius 1 is 1.48 bits per heavy atom. The smallest absolute Gasteiger partial charge is 0.305 e. The van der Waals surface area contributed by atoms with Crippen LogP contribution in [0.25, 0.3) is 0 Å². The molecule has 1 aromatic carbocycles. The number of esters is 1. The number of nitrogens with zero attached hydrogens (tertiary/aromatic N) is 2. The van der Waals surface area contributed by atoms with Crippen LogP contribution in [0.3, 0.4) is 0 Å². The number of ether oxygens (including phenoxy) is 1. The Hall–Kier alpha value is -1.82. The average Bonchev–Trinajstić information content (AvgIpc) is 2.48. The van der Waals surface area contributed by atoms with Crippen molar-refractivity contribution in [1.29, 1.82) is 0 Å². The van der Waals surface area contributed by atoms with Crippen molar-refractivity contribution in [3.63, 3.8) is 0 Å². The Bertz CT molecular complexity index is 542. The molecule has 0 radical (unpaired) electrons. The maximum Gasteiger partial charge on any atom is 0.305 e. The number of halogens is 1. The van der Waals surface area contributed by atoms with Crippen LogP contribution < -0.4 is 4.90 Å². The second-order valence-corrected chi connectivity index (χ2v) is 5.54. The third-order valence-electron chi connectivity index (χ3n) is 3.77. The minimum absolute atomic E-state index is 0.0221. The monoisotopic (exact) mass is 312 g/mol. The number of hydrogen-bond donors (Lipinski definition) is 0. The molecule has 0 unspecified atom stereocenters. The Morgan fingerprint density at radius 3 is 2.71 bits per heavy atom. The van der Waals surface area contributed by atoms with Crippen LogP contribution in [0.15, 0.2) is 18.2 Å². The molecular formula is C14H17ClN2O4. The summed E-state index contributed by atoms with van der Waals surface area (Å²) in [6.07, 6.45) is 2.04. The molecule has 0 spiro atoms. The van der Waals surface area contributed by atoms with Crippen molar-refractivity contribution in [2.75, 3.05) is 25.1 Å². The fourth-order valence-corrected chi connectivity index (χ4v) is 2.77. The van der Waals surface area contributed by atoms with Gasteiger partial charge < -0.3 is 9.64 Å². The largest absolute Gasteiger partial charge is 0.469 e. The Labute approximate surface area is 127 Å². The van der Waals surface area contributed by atoms with Gasteiger partial charge in [0.1, 0.15) is 5.69 Å². The van der Waals surface area contributed by atoms with Crippen molar-refractivity contribution in [1.82, 2.24) is 0 Å². The van der Waals surface area contributed by atoms with Gasteiger partial charge in [0, 0.05) is 30.6 Å². The van der Waals surface area contributed by atoms with Crippen molar-refractivity contribution >= 4 is 28.9 Å². The van der Waals surface area contributed by atoms with E-state index in [-0.39, 0.29) is 17.6 Å². The minimum atomic E-state index is -0.415. The van der Waals surface area contributed by atoms with Gasteiger partial charge in [-0.15, -0.1) is 0 Å². The molecule has 0 amide bonds. The molecule has 1 fully saturated rings. The Kier molecular flexibility index (Phi) is 5.01. The quantitative estimate of drug-likeness (QED) is 0.485. The number of anilines is 1. The molecule has 6 nitrogen and oxygen atoms in total. The summed E-state index contributed by atoms with van der Waals surface area (Å²) < 4.78 is 4.67. The molecule has 7 heteroatoms. The molecule has 2 rings (SSSR count). The van der Waals surface area contributed by atoms with E-state index in [2.05, 4.69) is 4.74 Å². The SMILES string of the molecule is COC(=O)CC1CCN(c2ccc(Cl)cc2[N+](=O)[O-])CC1. The number of methoxy groups -OCH3 is 1. The maximum atomic E-state index is 11.3. The zero-order valence-corrected chi connectivity index (χ0v) is 12.5. The van der Waals surface area contributed by atoms with Crippen molar-refractivity contribution in [3.05, 3.63) is 33.3 Å². The number of piperidine rings is 1. The summed E-state index contributed by atoms with van der Waals surface area (Å²) in [7, 11) is 1.38. The summed E-state index contributed by atoms with van der Waals surface area (Å²) >= 11 is 5.82. The lowest BCUT2D eigenvalue weighted by Gasteiger charge is -2.32. The van der Waals surface area contributed by atoms with E-state index in [1.54, 1.807) is 12.1 Å². The fourth-order valence-electron chi connectivity index (χ4n) is 2.61. The van der Waals surface area contributed by atoms with E-state index in [0.29, 0.717) is 30.2 Å². The molecule has 114 valence electrons. The normalized spacial score (nSPS) is 15.8. The number of carbonyl (C=O) groups is 1. The van der Waals surface area contributed by atoms with Gasteiger partial charge in [-0.25, -0.2) is 0 Å². The lowest BCUT2D eigenvalue weighted by atomic mass is 9.93. The van der Waals surface area contributed by atoms with Crippen molar-refractivity contribution < 1.29 is 14.5 Å². The van der Waals surface area contributed by atoms with E-state index < -0.39 is 4.92 Å². The maximum absolute atomic E-state index is 11.3. The zero-order valence-electron chi connectivity index (χ0n) is 11.8. The van der Waals surface area contributed by atoms with E-state index in [1.807, 2.05) is 4.90 Å². The third-order valence-corrected chi connectivity index (χ3v) is 4.01. The number of hydrogen-bond acceptors (Lipinski definition) is 5. The van der Waals surface area contributed by atoms with Crippen LogP contribution in [0.5, 0.6) is 0 Å². The second-order valence-electron chi connectivity index (χ2n) is 5.10. The van der Waals surface area contributed by atoms with E-state index in [4.69, 9.17) is 11.6 Å². The number of nitro benzene ring substituents is 1. The molecule has 0 saturated carbocycles. The number of rotatable bonds is 4. The standard InChI is InChI=1S/C14H17ClN2O4/c1-21-14(18)8-10-4-6-16(7-5-10)12-3-2-11(15)9-13(12)17(19)20/h2-3,9-10H,4-8H2,1H3. The summed E-state index contributed by atoms with van der Waals surface area (Å²) in [6.45, 7) is 1.37. The summed E-state index contributed by atoms with van der Waals surface area (Å²) in [5.74, 6) is 0.0750. The highest BCUT2D eigenvalue weighted by Crippen LogP contribution is 2.34. The van der Waals surface area contributed by atoms with Crippen LogP contribution in [0.2, 0.25) is 5.02 Å². The molecule has 0 aliphatic carbocycles. The first kappa shape index (κ1) is 15.6. The number of benzene rings is 1. The van der Waals surface area contributed by atoms with Gasteiger partial charge in [0.05, 0.1) is 12.0 Å². The summed E-state index contributed by atoms with van der Waals surface area (Å²) in [4.78, 5) is 24.0. The molecule has 0 bridgehead atoms. The summed E-state index contributed by atoms with van der Waals surface area (Å²) in [5.41, 5.74) is 0.606. The minimum Gasteiger partial charge on any atom is -0.469 e. The molecule has 1 aliphatic heterocycles. The lowest BCUT2D eigenvalue weighted by molar-refractivity contribution is -0.384. The number of carbonyl (C=O) groups excluding carboxylic acids is 1. The van der Waals surface area contributed by atoms with Crippen LogP contribution >= 0.6 is 11.6 Å². The van der Waals surface area contributed by atoms with Gasteiger partial charge in [-0.1, -0.05) is 11.6 Å². The highest BCUT2D eigenvalue weighted by atomic mass is 35.5. The van der Waals surface area contributed by atoms with Crippen LogP contribution in [-0.4, -0.2) is 31.1 Å². The molecule has 21 heavy (non-hydrogen) atoms. The molecule has 1 saturated heterocycles. The first-order chi connectivity index (χ1) is 10.0. The fraction of sp³-hybridized carbons (Fsp3) is 0.500. The van der Waals surface area contributed by atoms with Crippen molar-refractivity contribution in [2.45, 2.75) is 19.3 Å². The second kappa shape index (κ2) is 6.76. The lowest BCUT2D eigenvalue weighted by Crippen LogP contribution is -2.34. The average molecular weight is 313 g/mol. The first-order valence-electron chi connectivity index (χ1n) is 6.77. The molecule has 0 N–H and O–H groups in total. The predicted octanol–water partition coefficient (Wildman–Crippen LogP) is 3.03. The van der Waals surface area contributed by atoms with Gasteiger partial charge in [0.25, 0.3) is 5.69 Å². The van der Waals surface area contributed by atoms with Crippen LogP contribution in [-0.2, 0) is 9.53 Å². The third kappa shape index (κ3) is 3.85. The molecular weight excluding hydrogens is 296 g/mol. The molecule has 1 aromatic rings. The van der Waals surface area contributed by atoms with E-state index in [0.717, 1.165) is 12.8 Å². The highest BCUT2D eigenvalue weighted by Gasteiger charge is 2.26. The van der Waals surface area contributed by atoms with E-state index >= 15 is 0 Å². The summed E-state index contributed by atoms with van der Waals surface area (Å²) in [5, 5.41) is 11.5. The molecule has 1 heterocycles. The molecule has 1 aliphatic rings. The molecule has 0 atom stereocenters. The highest BCUT2D eigenvalue weighted by molar-refractivity contribution is 6.30. The van der Waals surface area contributed by atoms with Crippen LogP contribution in [0.1, 0.15) is 19.3 Å². The van der Waals surface area contributed by atoms with Gasteiger partial charge in [-0.3, -0.25) is 14.9 Å². The Morgan fingerprint density at radius 2 is 2.14 bits per heavy atom. The van der Waals surface area contributed by atoms with Crippen molar-refractivity contribution in [3.8, 4) is 0 Å². The van der Waals surface area contributed by atoms with Crippen molar-refractivity contribution in [2.24, 2.45) is 5.92 Å². The molecule has 0 aromatic heterocycles. The van der Waals surface area contributed by atoms with Gasteiger partial charge >= 0.3 is 5.97 Å².